The van der Waals surface area contributed by atoms with E-state index in [1.54, 1.807) is 0 Å². The zero-order valence-corrected chi connectivity index (χ0v) is 60.2. The number of halogens is 68. The van der Waals surface area contributed by atoms with Crippen LogP contribution in [0, 0.1) is 0 Å². The first-order valence-electron chi connectivity index (χ1n) is 27.6. The number of alkyl halides is 68. The molecule has 0 saturated heterocycles. The molecule has 2 aliphatic heterocycles. The third-order valence-electron chi connectivity index (χ3n) is 15.0. The minimum Gasteiger partial charge on any atom is -0.200 e. The van der Waals surface area contributed by atoms with E-state index in [9.17, 15) is 263 Å². The number of thioether (sulfide) groups is 8. The van der Waals surface area contributed by atoms with Crippen LogP contribution in [-0.4, -0.2) is 214 Å². The second-order valence-corrected chi connectivity index (χ2v) is 33.2. The number of rotatable bonds is 40. The van der Waals surface area contributed by atoms with E-state index in [0.29, 0.717) is 0 Å². The molecule has 0 atom stereocenters. The Balaban J connectivity index is 3.14. The van der Waals surface area contributed by atoms with Crippen LogP contribution in [0.2, 0.25) is 0 Å². The highest BCUT2D eigenvalue weighted by Gasteiger charge is 3.00. The van der Waals surface area contributed by atoms with Crippen LogP contribution in [0.4, 0.5) is 299 Å². The van der Waals surface area contributed by atoms with Gasteiger partial charge in [-0.25, -0.2) is 0 Å². The van der Waals surface area contributed by atoms with E-state index < -0.39 is 359 Å². The first kappa shape index (κ1) is 115. The Kier molecular flexibility index (Phi) is 30.8. The number of hydrogen-bond acceptors (Lipinski definition) is 8. The summed E-state index contributed by atoms with van der Waals surface area (Å²) in [5.74, 6) is -262. The molecule has 0 amide bonds. The van der Waals surface area contributed by atoms with Gasteiger partial charge in [-0.05, 0) is 0 Å². The van der Waals surface area contributed by atoms with Crippen LogP contribution in [0.3, 0.4) is 0 Å². The van der Waals surface area contributed by atoms with Crippen molar-refractivity contribution in [1.29, 1.82) is 0 Å². The van der Waals surface area contributed by atoms with Crippen molar-refractivity contribution in [3.8, 4) is 0 Å². The minimum absolute atomic E-state index is 0.950. The first-order chi connectivity index (χ1) is 52.3. The van der Waals surface area contributed by atoms with Crippen LogP contribution in [0.25, 0.3) is 0 Å². The van der Waals surface area contributed by atoms with Crippen molar-refractivity contribution in [1.82, 2.24) is 0 Å². The summed E-state index contributed by atoms with van der Waals surface area (Å²) in [7, 11) is 0. The van der Waals surface area contributed by atoms with Gasteiger partial charge >= 0.3 is 191 Å². The molecule has 0 aliphatic carbocycles. The summed E-state index contributed by atoms with van der Waals surface area (Å²) in [5.41, 5.74) is 0. The molecular weight excluding hydrogens is 2100 g/mol. The fraction of sp³-hybridized carbons (Fsp3) is 0.870. The first-order valence-corrected chi connectivity index (χ1v) is 34.8. The second kappa shape index (κ2) is 32.6. The van der Waals surface area contributed by atoms with E-state index in [1.165, 1.54) is 0 Å². The standard InChI is InChI=1S/C46H16F68S8/c47-15(48,19(55,56)23(63,64)27(71,72)31(79,80)35(87,88)39(95,96)43(103,104)105)1-5-115-9-10(116-6-2-16(49,50)20(57,58)24(65,66)28(73,74)32(81,82)36(89,90)40(97,98)44(106,107)108)120-13(119-9)14-121-11(117-7-3-17(51,52)21(59,60)25(67,68)29(75,76)33(83,84)37(91,92)41(99,100)45(109,110)111)12(122-14)118-8-4-18(53,54)22(61,62)26(69,70)30(77,78)34(85,86)38(93,94)42(101,102)46(112,113)114/h1-8H2. The summed E-state index contributed by atoms with van der Waals surface area (Å²) in [6.45, 7) is 0. The molecule has 0 aromatic carbocycles. The molecule has 2 aliphatic rings. The van der Waals surface area contributed by atoms with Crippen LogP contribution in [-0.2, 0) is 0 Å². The van der Waals surface area contributed by atoms with Gasteiger partial charge in [-0.3, -0.25) is 0 Å². The van der Waals surface area contributed by atoms with Crippen molar-refractivity contribution in [3.05, 3.63) is 25.4 Å². The average molecular weight is 2120 g/mol. The maximum absolute atomic E-state index is 15.0. The summed E-state index contributed by atoms with van der Waals surface area (Å²) >= 11 is -8.95. The van der Waals surface area contributed by atoms with Crippen molar-refractivity contribution in [3.63, 3.8) is 0 Å². The van der Waals surface area contributed by atoms with Crippen LogP contribution in [0.1, 0.15) is 25.7 Å². The topological polar surface area (TPSA) is 0 Å². The monoisotopic (exact) mass is 2120 g/mol. The Bertz CT molecular complexity index is 3320. The summed E-state index contributed by atoms with van der Waals surface area (Å²) in [6.07, 6.45) is -48.7. The maximum Gasteiger partial charge on any atom is 0.460 e. The lowest BCUT2D eigenvalue weighted by Gasteiger charge is -2.42. The summed E-state index contributed by atoms with van der Waals surface area (Å²) in [4.78, 5) is 0. The number of hydrogen-bond donors (Lipinski definition) is 0. The third-order valence-corrected chi connectivity index (χ3v) is 26.6. The van der Waals surface area contributed by atoms with Gasteiger partial charge < -0.3 is 0 Å². The van der Waals surface area contributed by atoms with Gasteiger partial charge in [0.2, 0.25) is 0 Å². The molecule has 0 aromatic heterocycles. The van der Waals surface area contributed by atoms with Gasteiger partial charge in [0.25, 0.3) is 0 Å². The zero-order valence-electron chi connectivity index (χ0n) is 53.6. The third kappa shape index (κ3) is 17.0. The van der Waals surface area contributed by atoms with Gasteiger partial charge in [-0.15, -0.1) is 47.0 Å². The molecule has 2 heterocycles. The van der Waals surface area contributed by atoms with Gasteiger partial charge in [0.05, 0.1) is 25.4 Å². The van der Waals surface area contributed by atoms with Crippen LogP contribution < -0.4 is 0 Å². The average Bonchev–Trinajstić information content (AvgIpc) is 0.738. The van der Waals surface area contributed by atoms with Gasteiger partial charge in [0, 0.05) is 48.7 Å². The lowest BCUT2D eigenvalue weighted by atomic mass is 9.88. The van der Waals surface area contributed by atoms with E-state index in [1.807, 2.05) is 0 Å². The molecule has 2 rings (SSSR count). The van der Waals surface area contributed by atoms with E-state index in [-0.39, 0.29) is 0 Å². The zero-order chi connectivity index (χ0) is 98.8. The molecule has 724 valence electrons. The minimum atomic E-state index is -9.44. The van der Waals surface area contributed by atoms with Crippen LogP contribution in [0.5, 0.6) is 0 Å². The molecule has 0 bridgehead atoms. The summed E-state index contributed by atoms with van der Waals surface area (Å²) in [5, 5.41) is 0. The highest BCUT2D eigenvalue weighted by molar-refractivity contribution is 8.45. The Morgan fingerprint density at radius 3 is 0.320 bits per heavy atom. The van der Waals surface area contributed by atoms with Gasteiger partial charge in [0.15, 0.2) is 0 Å². The predicted molar refractivity (Wildman–Crippen MR) is 282 cm³/mol. The normalized spacial score (nSPS) is 18.0. The Morgan fingerprint density at radius 2 is 0.221 bits per heavy atom. The van der Waals surface area contributed by atoms with E-state index in [0.717, 1.165) is 0 Å². The highest BCUT2D eigenvalue weighted by atomic mass is 32.3. The molecule has 122 heavy (non-hydrogen) atoms. The van der Waals surface area contributed by atoms with Gasteiger partial charge in [-0.2, -0.15) is 299 Å². The van der Waals surface area contributed by atoms with Gasteiger partial charge in [-0.1, -0.05) is 47.0 Å². The molecule has 0 fully saturated rings. The fourth-order valence-electron chi connectivity index (χ4n) is 7.57. The molecule has 0 spiro atoms. The predicted octanol–water partition coefficient (Wildman–Crippen LogP) is 29.9. The van der Waals surface area contributed by atoms with E-state index in [4.69, 9.17) is 0 Å². The maximum atomic E-state index is 15.0. The molecule has 0 unspecified atom stereocenters. The largest absolute Gasteiger partial charge is 0.460 e. The van der Waals surface area contributed by atoms with Gasteiger partial charge in [0.1, 0.15) is 0 Å². The Hall–Kier alpha value is -2.74. The molecule has 76 heteroatoms. The molecule has 0 radical (unpaired) electrons. The van der Waals surface area contributed by atoms with Crippen molar-refractivity contribution in [2.45, 2.75) is 216 Å². The van der Waals surface area contributed by atoms with Crippen LogP contribution >= 0.6 is 94.1 Å². The molecule has 0 nitrogen and oxygen atoms in total. The van der Waals surface area contributed by atoms with Crippen molar-refractivity contribution in [2.24, 2.45) is 0 Å². The van der Waals surface area contributed by atoms with Crippen molar-refractivity contribution >= 4 is 94.1 Å². The van der Waals surface area contributed by atoms with Crippen molar-refractivity contribution < 1.29 is 299 Å². The van der Waals surface area contributed by atoms with Crippen LogP contribution in [0.15, 0.2) is 25.4 Å². The summed E-state index contributed by atoms with van der Waals surface area (Å²) in [6, 6.07) is 0. The van der Waals surface area contributed by atoms with E-state index in [2.05, 4.69) is 0 Å². The second-order valence-electron chi connectivity index (χ2n) is 23.1. The molecule has 0 saturated carbocycles. The fourth-order valence-corrected chi connectivity index (χ4v) is 19.9. The summed E-state index contributed by atoms with van der Waals surface area (Å²) < 4.78 is 940. The lowest BCUT2D eigenvalue weighted by Crippen LogP contribution is -2.74. The lowest BCUT2D eigenvalue weighted by molar-refractivity contribution is -0.461. The smallest absolute Gasteiger partial charge is 0.200 e. The quantitative estimate of drug-likeness (QED) is 0.0550. The van der Waals surface area contributed by atoms with E-state index >= 15 is 35.1 Å². The molecule has 0 aromatic rings. The van der Waals surface area contributed by atoms with Crippen molar-refractivity contribution in [2.75, 3.05) is 23.0 Å². The molecule has 0 N–H and O–H groups in total. The SMILES string of the molecule is FC(F)(F)C(F)(F)C(F)(F)C(F)(F)C(F)(F)C(F)(F)C(F)(F)C(F)(F)CCSC1=C(SCCC(F)(F)C(F)(F)C(F)(F)C(F)(F)C(F)(F)C(F)(F)C(F)(F)C(F)(F)F)SC(=C2SC(SCCC(F)(F)C(F)(F)C(F)(F)C(F)(F)C(F)(F)C(F)(F)C(F)(F)C(F)(F)F)=C(SCCC(F)(F)C(F)(F)C(F)(F)C(F)(F)C(F)(F)C(F)(F)C(F)(F)C(F)(F)F)S2)S1. The Morgan fingerprint density at radius 1 is 0.131 bits per heavy atom. The Labute approximate surface area is 655 Å². The highest BCUT2D eigenvalue weighted by Crippen LogP contribution is 2.73. The molecular formula is C46H16F68S8.